The van der Waals surface area contributed by atoms with E-state index in [1.807, 2.05) is 18.2 Å². The van der Waals surface area contributed by atoms with Gasteiger partial charge in [-0.2, -0.15) is 0 Å². The van der Waals surface area contributed by atoms with E-state index in [-0.39, 0.29) is 11.3 Å². The Kier molecular flexibility index (Phi) is 4.51. The Morgan fingerprint density at radius 2 is 2.10 bits per heavy atom. The molecular formula is C23H18N2O5S. The number of Topliss-reactive ketones (excluding diaryl/α,β-unsaturated/α-hetero) is 1. The molecule has 156 valence electrons. The van der Waals surface area contributed by atoms with Crippen molar-refractivity contribution >= 4 is 38.4 Å². The highest BCUT2D eigenvalue weighted by molar-refractivity contribution is 7.22. The van der Waals surface area contributed by atoms with Crippen molar-refractivity contribution in [2.75, 3.05) is 4.90 Å². The number of aromatic nitrogens is 1. The molecule has 1 aliphatic heterocycles. The summed E-state index contributed by atoms with van der Waals surface area (Å²) in [4.78, 5) is 32.2. The minimum Gasteiger partial charge on any atom is -0.503 e. The van der Waals surface area contributed by atoms with Crippen molar-refractivity contribution in [3.63, 3.8) is 0 Å². The molecule has 0 bridgehead atoms. The Hall–Kier alpha value is -3.65. The molecule has 1 atom stereocenters. The zero-order valence-corrected chi connectivity index (χ0v) is 17.6. The van der Waals surface area contributed by atoms with E-state index in [1.54, 1.807) is 25.1 Å². The van der Waals surface area contributed by atoms with Crippen molar-refractivity contribution in [1.82, 2.24) is 4.98 Å². The summed E-state index contributed by atoms with van der Waals surface area (Å²) < 4.78 is 11.9. The number of hydrogen-bond acceptors (Lipinski definition) is 7. The van der Waals surface area contributed by atoms with Crippen LogP contribution in [-0.4, -0.2) is 21.8 Å². The number of thiazole rings is 1. The molecule has 4 heterocycles. The molecule has 0 fully saturated rings. The van der Waals surface area contributed by atoms with Crippen molar-refractivity contribution in [2.24, 2.45) is 0 Å². The first kappa shape index (κ1) is 19.3. The fourth-order valence-electron chi connectivity index (χ4n) is 3.72. The summed E-state index contributed by atoms with van der Waals surface area (Å²) in [6, 6.07) is 11.5. The van der Waals surface area contributed by atoms with Gasteiger partial charge in [-0.1, -0.05) is 24.3 Å². The number of carbonyl (C=O) groups is 2. The molecule has 4 aromatic rings. The number of aryl methyl sites for hydroxylation is 2. The molecule has 0 unspecified atom stereocenters. The van der Waals surface area contributed by atoms with Crippen molar-refractivity contribution < 1.29 is 23.5 Å². The van der Waals surface area contributed by atoms with Crippen LogP contribution < -0.4 is 4.90 Å². The van der Waals surface area contributed by atoms with Crippen molar-refractivity contribution in [3.8, 4) is 0 Å². The first-order valence-electron chi connectivity index (χ1n) is 9.78. The Labute approximate surface area is 181 Å². The number of carbonyl (C=O) groups excluding carboxylic acids is 2. The Balaban J connectivity index is 1.66. The monoisotopic (exact) mass is 434 g/mol. The largest absolute Gasteiger partial charge is 0.503 e. The number of hydrogen-bond donors (Lipinski definition) is 1. The second-order valence-electron chi connectivity index (χ2n) is 7.25. The van der Waals surface area contributed by atoms with E-state index in [4.69, 9.17) is 8.83 Å². The van der Waals surface area contributed by atoms with Crippen LogP contribution in [0.1, 0.15) is 40.6 Å². The zero-order chi connectivity index (χ0) is 21.7. The third-order valence-corrected chi connectivity index (χ3v) is 6.30. The van der Waals surface area contributed by atoms with Gasteiger partial charge in [0, 0.05) is 0 Å². The fourth-order valence-corrected chi connectivity index (χ4v) is 4.78. The van der Waals surface area contributed by atoms with Gasteiger partial charge in [0.15, 0.2) is 16.7 Å². The van der Waals surface area contributed by atoms with Gasteiger partial charge in [0.05, 0.1) is 22.1 Å². The standard InChI is InChI=1S/C23H18N2O5S/c1-3-13-7-8-14-17(11-13)31-23(24-14)25-19(15-9-6-12(2)30-15)18(21(27)22(25)28)20(26)16-5-4-10-29-16/h4-11,19,27H,3H2,1-2H3/t19-/m1/s1. The van der Waals surface area contributed by atoms with Crippen LogP contribution >= 0.6 is 11.3 Å². The molecule has 5 rings (SSSR count). The summed E-state index contributed by atoms with van der Waals surface area (Å²) in [5.41, 5.74) is 1.80. The molecule has 1 N–H and O–H groups in total. The zero-order valence-electron chi connectivity index (χ0n) is 16.8. The van der Waals surface area contributed by atoms with E-state index in [2.05, 4.69) is 11.9 Å². The van der Waals surface area contributed by atoms with Gasteiger partial charge in [0.1, 0.15) is 17.6 Å². The summed E-state index contributed by atoms with van der Waals surface area (Å²) in [5, 5.41) is 11.1. The predicted octanol–water partition coefficient (Wildman–Crippen LogP) is 5.14. The van der Waals surface area contributed by atoms with Gasteiger partial charge >= 0.3 is 0 Å². The number of benzene rings is 1. The molecule has 1 aliphatic rings. The number of aliphatic hydroxyl groups is 1. The second-order valence-corrected chi connectivity index (χ2v) is 8.26. The summed E-state index contributed by atoms with van der Waals surface area (Å²) in [6.45, 7) is 3.84. The maximum absolute atomic E-state index is 13.1. The molecule has 3 aromatic heterocycles. The number of rotatable bonds is 5. The summed E-state index contributed by atoms with van der Waals surface area (Å²) in [5.74, 6) is -0.903. The Bertz CT molecular complexity index is 1350. The van der Waals surface area contributed by atoms with Crippen molar-refractivity contribution in [2.45, 2.75) is 26.3 Å². The highest BCUT2D eigenvalue weighted by atomic mass is 32.1. The summed E-state index contributed by atoms with van der Waals surface area (Å²) in [6.07, 6.45) is 2.24. The maximum atomic E-state index is 13.1. The molecule has 8 heteroatoms. The first-order chi connectivity index (χ1) is 15.0. The third kappa shape index (κ3) is 3.07. The highest BCUT2D eigenvalue weighted by Crippen LogP contribution is 2.44. The smallest absolute Gasteiger partial charge is 0.296 e. The molecule has 1 aromatic carbocycles. The fraction of sp³-hybridized carbons (Fsp3) is 0.174. The van der Waals surface area contributed by atoms with Crippen molar-refractivity contribution in [3.05, 3.63) is 82.9 Å². The van der Waals surface area contributed by atoms with Gasteiger partial charge in [-0.25, -0.2) is 4.98 Å². The lowest BCUT2D eigenvalue weighted by molar-refractivity contribution is -0.117. The summed E-state index contributed by atoms with van der Waals surface area (Å²) in [7, 11) is 0. The van der Waals surface area contributed by atoms with E-state index in [1.165, 1.54) is 28.6 Å². The number of furan rings is 2. The minimum absolute atomic E-state index is 0.0290. The van der Waals surface area contributed by atoms with Crippen LogP contribution in [0, 0.1) is 6.92 Å². The number of fused-ring (bicyclic) bond motifs is 1. The average molecular weight is 434 g/mol. The van der Waals surface area contributed by atoms with Gasteiger partial charge in [-0.15, -0.1) is 0 Å². The Morgan fingerprint density at radius 3 is 2.77 bits per heavy atom. The predicted molar refractivity (Wildman–Crippen MR) is 115 cm³/mol. The molecule has 0 saturated carbocycles. The molecule has 31 heavy (non-hydrogen) atoms. The van der Waals surface area contributed by atoms with Gasteiger partial charge in [0.2, 0.25) is 5.78 Å². The molecule has 1 amide bonds. The van der Waals surface area contributed by atoms with Crippen LogP contribution in [0.3, 0.4) is 0 Å². The number of anilines is 1. The van der Waals surface area contributed by atoms with Gasteiger partial charge in [-0.05, 0) is 55.3 Å². The number of aliphatic hydroxyl groups excluding tert-OH is 1. The van der Waals surface area contributed by atoms with Crippen LogP contribution in [0.15, 0.2) is 68.9 Å². The normalized spacial score (nSPS) is 16.6. The van der Waals surface area contributed by atoms with E-state index < -0.39 is 23.5 Å². The molecule has 0 aliphatic carbocycles. The van der Waals surface area contributed by atoms with Crippen LogP contribution in [-0.2, 0) is 11.2 Å². The molecule has 0 spiro atoms. The lowest BCUT2D eigenvalue weighted by atomic mass is 10.00. The average Bonchev–Trinajstić information content (AvgIpc) is 3.54. The lowest BCUT2D eigenvalue weighted by Gasteiger charge is -2.21. The topological polar surface area (TPSA) is 96.8 Å². The van der Waals surface area contributed by atoms with Gasteiger partial charge < -0.3 is 13.9 Å². The Morgan fingerprint density at radius 1 is 1.26 bits per heavy atom. The third-order valence-electron chi connectivity index (χ3n) is 5.28. The minimum atomic E-state index is -0.954. The highest BCUT2D eigenvalue weighted by Gasteiger charge is 2.48. The number of ketones is 1. The van der Waals surface area contributed by atoms with E-state index in [9.17, 15) is 14.7 Å². The molecular weight excluding hydrogens is 416 g/mol. The lowest BCUT2D eigenvalue weighted by Crippen LogP contribution is -2.30. The second kappa shape index (κ2) is 7.24. The summed E-state index contributed by atoms with van der Waals surface area (Å²) >= 11 is 1.33. The number of amides is 1. The van der Waals surface area contributed by atoms with E-state index in [0.29, 0.717) is 16.7 Å². The molecule has 0 radical (unpaired) electrons. The van der Waals surface area contributed by atoms with E-state index >= 15 is 0 Å². The first-order valence-corrected chi connectivity index (χ1v) is 10.6. The molecule has 0 saturated heterocycles. The quantitative estimate of drug-likeness (QED) is 0.437. The van der Waals surface area contributed by atoms with Crippen LogP contribution in [0.5, 0.6) is 0 Å². The van der Waals surface area contributed by atoms with Crippen LogP contribution in [0.2, 0.25) is 0 Å². The van der Waals surface area contributed by atoms with E-state index in [0.717, 1.165) is 22.2 Å². The molecule has 7 nitrogen and oxygen atoms in total. The SMILES string of the molecule is CCc1ccc2nc(N3C(=O)C(O)=C(C(=O)c4ccco4)[C@H]3c3ccc(C)o3)sc2c1. The van der Waals surface area contributed by atoms with Crippen LogP contribution in [0.4, 0.5) is 5.13 Å². The maximum Gasteiger partial charge on any atom is 0.296 e. The number of nitrogens with zero attached hydrogens (tertiary/aromatic N) is 2. The van der Waals surface area contributed by atoms with Gasteiger partial charge in [0.25, 0.3) is 5.91 Å². The van der Waals surface area contributed by atoms with Crippen molar-refractivity contribution in [1.29, 1.82) is 0 Å². The van der Waals surface area contributed by atoms with Crippen LogP contribution in [0.25, 0.3) is 10.2 Å². The van der Waals surface area contributed by atoms with Gasteiger partial charge in [-0.3, -0.25) is 14.5 Å².